The molecule has 2 nitrogen and oxygen atoms in total. The van der Waals surface area contributed by atoms with E-state index in [9.17, 15) is 0 Å². The van der Waals surface area contributed by atoms with Crippen LogP contribution in [0.25, 0.3) is 0 Å². The molecule has 0 aliphatic carbocycles. The second-order valence-electron chi connectivity index (χ2n) is 4.48. The van der Waals surface area contributed by atoms with Crippen molar-refractivity contribution in [1.82, 2.24) is 9.55 Å². The molecular formula is C15H12Cl2N2S. The summed E-state index contributed by atoms with van der Waals surface area (Å²) in [6.07, 6.45) is 6.43. The molecule has 1 atom stereocenters. The molecule has 0 amide bonds. The molecule has 1 unspecified atom stereocenters. The van der Waals surface area contributed by atoms with Crippen molar-refractivity contribution >= 4 is 34.5 Å². The Morgan fingerprint density at radius 2 is 2.15 bits per heavy atom. The van der Waals surface area contributed by atoms with Crippen LogP contribution in [0, 0.1) is 0 Å². The Balaban J connectivity index is 1.95. The van der Waals surface area contributed by atoms with Crippen molar-refractivity contribution in [1.29, 1.82) is 0 Å². The first-order valence-electron chi connectivity index (χ1n) is 6.19. The van der Waals surface area contributed by atoms with Gasteiger partial charge < -0.3 is 4.57 Å². The zero-order chi connectivity index (χ0) is 13.9. The molecule has 5 heteroatoms. The van der Waals surface area contributed by atoms with E-state index >= 15 is 0 Å². The number of aromatic nitrogens is 2. The number of nitrogens with zero attached hydrogens (tertiary/aromatic N) is 2. The molecule has 3 rings (SSSR count). The van der Waals surface area contributed by atoms with E-state index in [1.807, 2.05) is 24.7 Å². The largest absolute Gasteiger partial charge is 0.329 e. The fourth-order valence-corrected chi connectivity index (χ4v) is 3.50. The number of hydrogen-bond acceptors (Lipinski definition) is 2. The second kappa shape index (κ2) is 6.00. The van der Waals surface area contributed by atoms with Crippen LogP contribution in [0.3, 0.4) is 0 Å². The molecule has 0 saturated carbocycles. The van der Waals surface area contributed by atoms with Crippen LogP contribution >= 0.6 is 34.5 Å². The van der Waals surface area contributed by atoms with Gasteiger partial charge in [-0.15, -0.1) is 11.3 Å². The van der Waals surface area contributed by atoms with Gasteiger partial charge in [0.1, 0.15) is 0 Å². The highest BCUT2D eigenvalue weighted by Crippen LogP contribution is 2.30. The van der Waals surface area contributed by atoms with Crippen molar-refractivity contribution in [3.05, 3.63) is 74.9 Å². The molecule has 20 heavy (non-hydrogen) atoms. The number of rotatable bonds is 4. The number of hydrogen-bond donors (Lipinski definition) is 0. The third-order valence-corrected chi connectivity index (χ3v) is 4.75. The molecule has 3 aromatic rings. The summed E-state index contributed by atoms with van der Waals surface area (Å²) in [5, 5.41) is 3.45. The minimum absolute atomic E-state index is 0.205. The SMILES string of the molecule is Clc1ccc(CC(c2cccs2)n2ccnc2)c(Cl)c1. The van der Waals surface area contributed by atoms with Crippen LogP contribution in [-0.2, 0) is 6.42 Å². The molecular weight excluding hydrogens is 311 g/mol. The van der Waals surface area contributed by atoms with Crippen LogP contribution in [0.5, 0.6) is 0 Å². The highest BCUT2D eigenvalue weighted by molar-refractivity contribution is 7.10. The van der Waals surface area contributed by atoms with Gasteiger partial charge in [-0.2, -0.15) is 0 Å². The molecule has 0 aliphatic rings. The predicted octanol–water partition coefficient (Wildman–Crippen LogP) is 5.08. The third kappa shape index (κ3) is 2.90. The molecule has 0 aliphatic heterocycles. The quantitative estimate of drug-likeness (QED) is 0.654. The van der Waals surface area contributed by atoms with Crippen LogP contribution in [0.15, 0.2) is 54.4 Å². The zero-order valence-corrected chi connectivity index (χ0v) is 12.9. The van der Waals surface area contributed by atoms with Gasteiger partial charge in [0.2, 0.25) is 0 Å². The first kappa shape index (κ1) is 13.7. The van der Waals surface area contributed by atoms with Gasteiger partial charge in [-0.3, -0.25) is 0 Å². The molecule has 0 saturated heterocycles. The van der Waals surface area contributed by atoms with Gasteiger partial charge in [-0.05, 0) is 35.6 Å². The molecule has 102 valence electrons. The molecule has 0 fully saturated rings. The first-order chi connectivity index (χ1) is 9.74. The molecule has 2 aromatic heterocycles. The average Bonchev–Trinajstić information content (AvgIpc) is 3.11. The van der Waals surface area contributed by atoms with Gasteiger partial charge in [-0.25, -0.2) is 4.98 Å². The lowest BCUT2D eigenvalue weighted by Gasteiger charge is -2.18. The normalized spacial score (nSPS) is 12.5. The Morgan fingerprint density at radius 3 is 2.80 bits per heavy atom. The van der Waals surface area contributed by atoms with Gasteiger partial charge >= 0.3 is 0 Å². The maximum atomic E-state index is 6.29. The number of thiophene rings is 1. The van der Waals surface area contributed by atoms with E-state index in [-0.39, 0.29) is 6.04 Å². The van der Waals surface area contributed by atoms with E-state index in [2.05, 4.69) is 27.1 Å². The molecule has 2 heterocycles. The monoisotopic (exact) mass is 322 g/mol. The molecule has 0 radical (unpaired) electrons. The van der Waals surface area contributed by atoms with Gasteiger partial charge in [0.05, 0.1) is 12.4 Å². The highest BCUT2D eigenvalue weighted by Gasteiger charge is 2.16. The fourth-order valence-electron chi connectivity index (χ4n) is 2.18. The van der Waals surface area contributed by atoms with Crippen molar-refractivity contribution in [2.45, 2.75) is 12.5 Å². The Bertz CT molecular complexity index is 644. The average molecular weight is 323 g/mol. The van der Waals surface area contributed by atoms with Gasteiger partial charge in [0.25, 0.3) is 0 Å². The van der Waals surface area contributed by atoms with Crippen molar-refractivity contribution in [2.75, 3.05) is 0 Å². The van der Waals surface area contributed by atoms with Crippen LogP contribution in [0.2, 0.25) is 10.0 Å². The van der Waals surface area contributed by atoms with E-state index in [1.165, 1.54) is 4.88 Å². The van der Waals surface area contributed by atoms with Crippen LogP contribution in [0.1, 0.15) is 16.5 Å². The number of imidazole rings is 1. The maximum absolute atomic E-state index is 6.29. The molecule has 0 N–H and O–H groups in total. The Kier molecular flexibility index (Phi) is 4.10. The van der Waals surface area contributed by atoms with E-state index < -0.39 is 0 Å². The summed E-state index contributed by atoms with van der Waals surface area (Å²) in [6, 6.07) is 10.1. The maximum Gasteiger partial charge on any atom is 0.0952 e. The number of benzene rings is 1. The van der Waals surface area contributed by atoms with Gasteiger partial charge in [0.15, 0.2) is 0 Å². The minimum Gasteiger partial charge on any atom is -0.329 e. The topological polar surface area (TPSA) is 17.8 Å². The smallest absolute Gasteiger partial charge is 0.0952 e. The molecule has 0 spiro atoms. The predicted molar refractivity (Wildman–Crippen MR) is 84.9 cm³/mol. The second-order valence-corrected chi connectivity index (χ2v) is 6.30. The van der Waals surface area contributed by atoms with Crippen molar-refractivity contribution < 1.29 is 0 Å². The molecule has 1 aromatic carbocycles. The number of halogens is 2. The van der Waals surface area contributed by atoms with E-state index in [4.69, 9.17) is 23.2 Å². The standard InChI is InChI=1S/C15H12Cl2N2S/c16-12-4-3-11(13(17)9-12)8-14(15-2-1-7-20-15)19-6-5-18-10-19/h1-7,9-10,14H,8H2. The highest BCUT2D eigenvalue weighted by atomic mass is 35.5. The summed E-state index contributed by atoms with van der Waals surface area (Å²) >= 11 is 14.0. The summed E-state index contributed by atoms with van der Waals surface area (Å²) in [5.41, 5.74) is 1.09. The Labute approximate surface area is 131 Å². The van der Waals surface area contributed by atoms with E-state index in [0.717, 1.165) is 12.0 Å². The van der Waals surface area contributed by atoms with Gasteiger partial charge in [0, 0.05) is 27.3 Å². The lowest BCUT2D eigenvalue weighted by molar-refractivity contribution is 0.590. The summed E-state index contributed by atoms with van der Waals surface area (Å²) in [7, 11) is 0. The van der Waals surface area contributed by atoms with Crippen molar-refractivity contribution in [3.63, 3.8) is 0 Å². The van der Waals surface area contributed by atoms with Crippen LogP contribution in [0.4, 0.5) is 0 Å². The first-order valence-corrected chi connectivity index (χ1v) is 7.82. The van der Waals surface area contributed by atoms with E-state index in [1.54, 1.807) is 23.6 Å². The van der Waals surface area contributed by atoms with Crippen LogP contribution < -0.4 is 0 Å². The minimum atomic E-state index is 0.205. The molecule has 0 bridgehead atoms. The van der Waals surface area contributed by atoms with E-state index in [0.29, 0.717) is 10.0 Å². The third-order valence-electron chi connectivity index (χ3n) is 3.18. The summed E-state index contributed by atoms with van der Waals surface area (Å²) in [6.45, 7) is 0. The van der Waals surface area contributed by atoms with Crippen molar-refractivity contribution in [3.8, 4) is 0 Å². The lowest BCUT2D eigenvalue weighted by atomic mass is 10.0. The van der Waals surface area contributed by atoms with Crippen molar-refractivity contribution in [2.24, 2.45) is 0 Å². The van der Waals surface area contributed by atoms with Crippen LogP contribution in [-0.4, -0.2) is 9.55 Å². The summed E-state index contributed by atoms with van der Waals surface area (Å²) in [4.78, 5) is 5.43. The lowest BCUT2D eigenvalue weighted by Crippen LogP contribution is -2.11. The summed E-state index contributed by atoms with van der Waals surface area (Å²) < 4.78 is 2.11. The zero-order valence-electron chi connectivity index (χ0n) is 10.5. The van der Waals surface area contributed by atoms with Gasteiger partial charge in [-0.1, -0.05) is 35.3 Å². The summed E-state index contributed by atoms with van der Waals surface area (Å²) in [5.74, 6) is 0. The Morgan fingerprint density at radius 1 is 1.25 bits per heavy atom. The fraction of sp³-hybridized carbons (Fsp3) is 0.133. The Hall–Kier alpha value is -1.29.